The number of hydrogen-bond donors (Lipinski definition) is 1. The predicted octanol–water partition coefficient (Wildman–Crippen LogP) is 2.89. The molecule has 26 heavy (non-hydrogen) atoms. The lowest BCUT2D eigenvalue weighted by Crippen LogP contribution is -2.45. The first-order valence-corrected chi connectivity index (χ1v) is 10.4. The fraction of sp³-hybridized carbons (Fsp3) is 0.611. The number of sulfonamides is 1. The summed E-state index contributed by atoms with van der Waals surface area (Å²) in [7, 11) is -3.52. The molecule has 2 rings (SSSR count). The standard InChI is InChI=1S/C18H27FN2O4S/c1-18(2,3)25-17(22)21-10-4-5-15(12-21)11-20-26(23,24)13-14-6-8-16(19)9-7-14/h6-9,15,20H,4-5,10-13H2,1-3H3/t15-/m0/s1. The maximum atomic E-state index is 12.9. The highest BCUT2D eigenvalue weighted by Gasteiger charge is 2.28. The van der Waals surface area contributed by atoms with Crippen LogP contribution in [0.3, 0.4) is 0 Å². The van der Waals surface area contributed by atoms with Crippen molar-refractivity contribution in [1.29, 1.82) is 0 Å². The van der Waals surface area contributed by atoms with Gasteiger partial charge in [-0.2, -0.15) is 0 Å². The topological polar surface area (TPSA) is 75.7 Å². The smallest absolute Gasteiger partial charge is 0.410 e. The van der Waals surface area contributed by atoms with Crippen LogP contribution >= 0.6 is 0 Å². The van der Waals surface area contributed by atoms with Gasteiger partial charge in [0.2, 0.25) is 10.0 Å². The minimum Gasteiger partial charge on any atom is -0.444 e. The molecule has 1 N–H and O–H groups in total. The second kappa shape index (κ2) is 8.35. The molecule has 0 saturated carbocycles. The van der Waals surface area contributed by atoms with E-state index in [1.807, 2.05) is 20.8 Å². The molecule has 0 unspecified atom stereocenters. The SMILES string of the molecule is CC(C)(C)OC(=O)N1CCC[C@@H](CNS(=O)(=O)Cc2ccc(F)cc2)C1. The highest BCUT2D eigenvalue weighted by Crippen LogP contribution is 2.19. The van der Waals surface area contributed by atoms with Crippen LogP contribution in [0.4, 0.5) is 9.18 Å². The Labute approximate surface area is 154 Å². The van der Waals surface area contributed by atoms with Gasteiger partial charge < -0.3 is 9.64 Å². The van der Waals surface area contributed by atoms with E-state index in [1.165, 1.54) is 24.3 Å². The van der Waals surface area contributed by atoms with Crippen LogP contribution in [0.15, 0.2) is 24.3 Å². The van der Waals surface area contributed by atoms with E-state index >= 15 is 0 Å². The first kappa shape index (κ1) is 20.6. The van der Waals surface area contributed by atoms with Crippen molar-refractivity contribution < 1.29 is 22.3 Å². The number of amides is 1. The lowest BCUT2D eigenvalue weighted by atomic mass is 9.99. The van der Waals surface area contributed by atoms with E-state index in [0.717, 1.165) is 12.8 Å². The molecule has 0 aliphatic carbocycles. The molecule has 1 fully saturated rings. The number of benzene rings is 1. The summed E-state index contributed by atoms with van der Waals surface area (Å²) in [4.78, 5) is 13.8. The molecule has 0 spiro atoms. The summed E-state index contributed by atoms with van der Waals surface area (Å²) in [6.45, 7) is 6.80. The van der Waals surface area contributed by atoms with E-state index in [4.69, 9.17) is 4.74 Å². The van der Waals surface area contributed by atoms with Crippen molar-refractivity contribution in [3.05, 3.63) is 35.6 Å². The summed E-state index contributed by atoms with van der Waals surface area (Å²) in [5, 5.41) is 0. The highest BCUT2D eigenvalue weighted by molar-refractivity contribution is 7.88. The zero-order valence-electron chi connectivity index (χ0n) is 15.5. The Bertz CT molecular complexity index is 714. The molecule has 8 heteroatoms. The molecule has 1 heterocycles. The van der Waals surface area contributed by atoms with Crippen LogP contribution in [0.25, 0.3) is 0 Å². The van der Waals surface area contributed by atoms with Crippen LogP contribution in [0, 0.1) is 11.7 Å². The summed E-state index contributed by atoms with van der Waals surface area (Å²) >= 11 is 0. The first-order chi connectivity index (χ1) is 12.0. The summed E-state index contributed by atoms with van der Waals surface area (Å²) in [6, 6.07) is 5.40. The van der Waals surface area contributed by atoms with Crippen LogP contribution in [0.2, 0.25) is 0 Å². The van der Waals surface area contributed by atoms with Crippen LogP contribution in [-0.4, -0.2) is 44.6 Å². The van der Waals surface area contributed by atoms with E-state index in [2.05, 4.69) is 4.72 Å². The van der Waals surface area contributed by atoms with Crippen molar-refractivity contribution in [1.82, 2.24) is 9.62 Å². The van der Waals surface area contributed by atoms with Gasteiger partial charge in [0.15, 0.2) is 0 Å². The molecule has 1 amide bonds. The van der Waals surface area contributed by atoms with Gasteiger partial charge in [0.1, 0.15) is 11.4 Å². The van der Waals surface area contributed by atoms with Crippen molar-refractivity contribution >= 4 is 16.1 Å². The third-order valence-electron chi connectivity index (χ3n) is 4.03. The van der Waals surface area contributed by atoms with Gasteiger partial charge in [-0.3, -0.25) is 0 Å². The molecule has 146 valence electrons. The Kier molecular flexibility index (Phi) is 6.63. The van der Waals surface area contributed by atoms with Crippen LogP contribution in [0.1, 0.15) is 39.2 Å². The van der Waals surface area contributed by atoms with Gasteiger partial charge in [0.25, 0.3) is 0 Å². The number of halogens is 1. The van der Waals surface area contributed by atoms with E-state index in [1.54, 1.807) is 4.90 Å². The zero-order chi connectivity index (χ0) is 19.4. The minimum absolute atomic E-state index is 0.0410. The van der Waals surface area contributed by atoms with Gasteiger partial charge >= 0.3 is 6.09 Å². The van der Waals surface area contributed by atoms with E-state index < -0.39 is 21.4 Å². The molecular weight excluding hydrogens is 359 g/mol. The Balaban J connectivity index is 1.86. The molecule has 0 aromatic heterocycles. The Morgan fingerprint density at radius 2 is 1.96 bits per heavy atom. The van der Waals surface area contributed by atoms with E-state index in [9.17, 15) is 17.6 Å². The molecule has 0 bridgehead atoms. The second-order valence-electron chi connectivity index (χ2n) is 7.67. The van der Waals surface area contributed by atoms with E-state index in [-0.39, 0.29) is 24.3 Å². The van der Waals surface area contributed by atoms with Crippen molar-refractivity contribution in [3.63, 3.8) is 0 Å². The quantitative estimate of drug-likeness (QED) is 0.844. The molecule has 0 radical (unpaired) electrons. The lowest BCUT2D eigenvalue weighted by Gasteiger charge is -2.34. The number of nitrogens with one attached hydrogen (secondary N) is 1. The molecule has 1 aliphatic heterocycles. The largest absolute Gasteiger partial charge is 0.444 e. The van der Waals surface area contributed by atoms with Crippen molar-refractivity contribution in [2.24, 2.45) is 5.92 Å². The summed E-state index contributed by atoms with van der Waals surface area (Å²) in [6.07, 6.45) is 1.29. The molecule has 1 atom stereocenters. The van der Waals surface area contributed by atoms with Gasteiger partial charge in [-0.15, -0.1) is 0 Å². The Morgan fingerprint density at radius 1 is 1.31 bits per heavy atom. The second-order valence-corrected chi connectivity index (χ2v) is 9.48. The molecule has 1 aromatic carbocycles. The molecular formula is C18H27FN2O4S. The number of carbonyl (C=O) groups excluding carboxylic acids is 1. The van der Waals surface area contributed by atoms with Crippen molar-refractivity contribution in [2.75, 3.05) is 19.6 Å². The predicted molar refractivity (Wildman–Crippen MR) is 97.6 cm³/mol. The van der Waals surface area contributed by atoms with Crippen molar-refractivity contribution in [2.45, 2.75) is 45.0 Å². The van der Waals surface area contributed by atoms with Crippen LogP contribution in [0.5, 0.6) is 0 Å². The van der Waals surface area contributed by atoms with Gasteiger partial charge in [-0.05, 0) is 57.2 Å². The first-order valence-electron chi connectivity index (χ1n) is 8.74. The summed E-state index contributed by atoms with van der Waals surface area (Å²) in [5.41, 5.74) is -0.0289. The third-order valence-corrected chi connectivity index (χ3v) is 5.35. The molecule has 1 saturated heterocycles. The van der Waals surface area contributed by atoms with E-state index in [0.29, 0.717) is 18.7 Å². The van der Waals surface area contributed by atoms with Crippen molar-refractivity contribution in [3.8, 4) is 0 Å². The average molecular weight is 386 g/mol. The normalized spacial score (nSPS) is 18.6. The monoisotopic (exact) mass is 386 g/mol. The highest BCUT2D eigenvalue weighted by atomic mass is 32.2. The zero-order valence-corrected chi connectivity index (χ0v) is 16.3. The maximum Gasteiger partial charge on any atom is 0.410 e. The summed E-state index contributed by atoms with van der Waals surface area (Å²) in [5.74, 6) is -0.557. The van der Waals surface area contributed by atoms with Crippen LogP contribution in [-0.2, 0) is 20.5 Å². The lowest BCUT2D eigenvalue weighted by molar-refractivity contribution is 0.0169. The maximum absolute atomic E-state index is 12.9. The van der Waals surface area contributed by atoms with Gasteiger partial charge in [0, 0.05) is 19.6 Å². The van der Waals surface area contributed by atoms with Gasteiger partial charge in [-0.25, -0.2) is 22.3 Å². The fourth-order valence-corrected chi connectivity index (χ4v) is 4.04. The third kappa shape index (κ3) is 6.92. The van der Waals surface area contributed by atoms with Crippen LogP contribution < -0.4 is 4.72 Å². The fourth-order valence-electron chi connectivity index (χ4n) is 2.82. The number of likely N-dealkylation sites (tertiary alicyclic amines) is 1. The number of rotatable bonds is 5. The molecule has 1 aliphatic rings. The number of piperidine rings is 1. The van der Waals surface area contributed by atoms with Gasteiger partial charge in [0.05, 0.1) is 5.75 Å². The number of ether oxygens (including phenoxy) is 1. The minimum atomic E-state index is -3.52. The Hall–Kier alpha value is -1.67. The van der Waals surface area contributed by atoms with Gasteiger partial charge in [-0.1, -0.05) is 12.1 Å². The number of carbonyl (C=O) groups is 1. The molecule has 6 nitrogen and oxygen atoms in total. The molecule has 1 aromatic rings. The average Bonchev–Trinajstić information content (AvgIpc) is 2.54. The Morgan fingerprint density at radius 3 is 2.58 bits per heavy atom. The number of nitrogens with zero attached hydrogens (tertiary/aromatic N) is 1. The number of hydrogen-bond acceptors (Lipinski definition) is 4. The summed E-state index contributed by atoms with van der Waals surface area (Å²) < 4.78 is 45.3.